The van der Waals surface area contributed by atoms with Gasteiger partial charge in [-0.3, -0.25) is 0 Å². The highest BCUT2D eigenvalue weighted by atomic mass is 15.1. The Hall–Kier alpha value is -2.28. The molecule has 0 unspecified atom stereocenters. The molecule has 0 aliphatic heterocycles. The minimum absolute atomic E-state index is 1.16. The zero-order valence-corrected chi connectivity index (χ0v) is 15.5. The van der Waals surface area contributed by atoms with Crippen molar-refractivity contribution < 1.29 is 0 Å². The minimum atomic E-state index is 1.16. The Morgan fingerprint density at radius 2 is 1.48 bits per heavy atom. The van der Waals surface area contributed by atoms with Crippen LogP contribution in [0.2, 0.25) is 0 Å². The standard InChI is InChI=1S/C24H29N/c1-3-5-17-25(18-6-4-2)23-15-11-20(12-16-23)19-22-14-13-21-9-7-8-10-24(21)22/h7-16,19H,3-6,17-18H2,1-2H3/b22-19-. The summed E-state index contributed by atoms with van der Waals surface area (Å²) in [7, 11) is 0. The van der Waals surface area contributed by atoms with E-state index in [2.05, 4.69) is 85.5 Å². The molecule has 0 aromatic heterocycles. The Kier molecular flexibility index (Phi) is 6.11. The van der Waals surface area contributed by atoms with Gasteiger partial charge in [-0.15, -0.1) is 0 Å². The molecule has 1 aliphatic rings. The fraction of sp³-hybridized carbons (Fsp3) is 0.333. The summed E-state index contributed by atoms with van der Waals surface area (Å²) in [6, 6.07) is 17.7. The Bertz CT molecular complexity index is 729. The lowest BCUT2D eigenvalue weighted by Gasteiger charge is -2.24. The zero-order chi connectivity index (χ0) is 17.5. The molecule has 0 radical (unpaired) electrons. The van der Waals surface area contributed by atoms with Gasteiger partial charge in [0, 0.05) is 18.8 Å². The average Bonchev–Trinajstić information content (AvgIpc) is 3.06. The highest BCUT2D eigenvalue weighted by Gasteiger charge is 2.09. The van der Waals surface area contributed by atoms with Crippen molar-refractivity contribution in [1.82, 2.24) is 0 Å². The summed E-state index contributed by atoms with van der Waals surface area (Å²) in [4.78, 5) is 2.54. The first-order valence-electron chi connectivity index (χ1n) is 9.66. The topological polar surface area (TPSA) is 3.24 Å². The van der Waals surface area contributed by atoms with Crippen molar-refractivity contribution in [2.45, 2.75) is 39.5 Å². The fourth-order valence-electron chi connectivity index (χ4n) is 3.33. The van der Waals surface area contributed by atoms with Gasteiger partial charge >= 0.3 is 0 Å². The predicted octanol–water partition coefficient (Wildman–Crippen LogP) is 6.66. The third-order valence-corrected chi connectivity index (χ3v) is 4.86. The number of anilines is 1. The first-order chi connectivity index (χ1) is 12.3. The molecule has 0 spiro atoms. The van der Waals surface area contributed by atoms with E-state index in [-0.39, 0.29) is 0 Å². The van der Waals surface area contributed by atoms with Crippen molar-refractivity contribution in [3.05, 3.63) is 71.3 Å². The van der Waals surface area contributed by atoms with Crippen molar-refractivity contribution in [3.8, 4) is 0 Å². The number of allylic oxidation sites excluding steroid dienone is 2. The van der Waals surface area contributed by atoms with Crippen molar-refractivity contribution in [1.29, 1.82) is 0 Å². The lowest BCUT2D eigenvalue weighted by atomic mass is 10.0. The second-order valence-electron chi connectivity index (χ2n) is 6.81. The van der Waals surface area contributed by atoms with Gasteiger partial charge in [0.2, 0.25) is 0 Å². The van der Waals surface area contributed by atoms with Crippen LogP contribution in [-0.2, 0) is 0 Å². The van der Waals surface area contributed by atoms with E-state index in [4.69, 9.17) is 0 Å². The van der Waals surface area contributed by atoms with Gasteiger partial charge in [0.15, 0.2) is 0 Å². The van der Waals surface area contributed by atoms with E-state index in [1.807, 2.05) is 0 Å². The molecule has 25 heavy (non-hydrogen) atoms. The van der Waals surface area contributed by atoms with E-state index >= 15 is 0 Å². The van der Waals surface area contributed by atoms with Gasteiger partial charge in [-0.2, -0.15) is 0 Å². The van der Waals surface area contributed by atoms with Crippen LogP contribution in [0.4, 0.5) is 5.69 Å². The molecular weight excluding hydrogens is 302 g/mol. The van der Waals surface area contributed by atoms with Crippen molar-refractivity contribution in [3.63, 3.8) is 0 Å². The van der Waals surface area contributed by atoms with Crippen molar-refractivity contribution in [2.75, 3.05) is 18.0 Å². The molecular formula is C24H29N. The number of fused-ring (bicyclic) bond motifs is 1. The van der Waals surface area contributed by atoms with Crippen LogP contribution in [-0.4, -0.2) is 13.1 Å². The maximum atomic E-state index is 2.54. The molecule has 2 aromatic rings. The Morgan fingerprint density at radius 3 is 2.16 bits per heavy atom. The van der Waals surface area contributed by atoms with Gasteiger partial charge in [-0.05, 0) is 53.3 Å². The molecule has 0 amide bonds. The second kappa shape index (κ2) is 8.71. The van der Waals surface area contributed by atoms with E-state index < -0.39 is 0 Å². The van der Waals surface area contributed by atoms with Crippen molar-refractivity contribution in [2.24, 2.45) is 0 Å². The first-order valence-corrected chi connectivity index (χ1v) is 9.66. The molecule has 3 rings (SSSR count). The SMILES string of the molecule is CCCCN(CCCC)c1ccc(/C=C2/C=Cc3ccccc32)cc1. The van der Waals surface area contributed by atoms with Gasteiger partial charge in [-0.25, -0.2) is 0 Å². The molecule has 1 aliphatic carbocycles. The van der Waals surface area contributed by atoms with E-state index in [1.165, 1.54) is 53.6 Å². The van der Waals surface area contributed by atoms with Crippen LogP contribution < -0.4 is 4.90 Å². The summed E-state index contributed by atoms with van der Waals surface area (Å²) in [6.45, 7) is 6.85. The van der Waals surface area contributed by atoms with Crippen LogP contribution in [0, 0.1) is 0 Å². The minimum Gasteiger partial charge on any atom is -0.372 e. The molecule has 0 saturated carbocycles. The molecule has 2 aromatic carbocycles. The quantitative estimate of drug-likeness (QED) is 0.522. The Morgan fingerprint density at radius 1 is 0.800 bits per heavy atom. The smallest absolute Gasteiger partial charge is 0.0366 e. The first kappa shape index (κ1) is 17.5. The maximum Gasteiger partial charge on any atom is 0.0366 e. The Balaban J connectivity index is 1.75. The fourth-order valence-corrected chi connectivity index (χ4v) is 3.33. The summed E-state index contributed by atoms with van der Waals surface area (Å²) in [5.41, 5.74) is 6.57. The van der Waals surface area contributed by atoms with E-state index in [9.17, 15) is 0 Å². The van der Waals surface area contributed by atoms with Crippen LogP contribution in [0.5, 0.6) is 0 Å². The second-order valence-corrected chi connectivity index (χ2v) is 6.81. The summed E-state index contributed by atoms with van der Waals surface area (Å²) in [5, 5.41) is 0. The van der Waals surface area contributed by atoms with Gasteiger partial charge in [0.1, 0.15) is 0 Å². The molecule has 0 heterocycles. The van der Waals surface area contributed by atoms with Gasteiger partial charge in [0.05, 0.1) is 0 Å². The van der Waals surface area contributed by atoms with Gasteiger partial charge in [0.25, 0.3) is 0 Å². The molecule has 1 heteroatoms. The highest BCUT2D eigenvalue weighted by molar-refractivity contribution is 5.97. The lowest BCUT2D eigenvalue weighted by molar-refractivity contribution is 0.678. The monoisotopic (exact) mass is 331 g/mol. The van der Waals surface area contributed by atoms with Gasteiger partial charge in [-0.1, -0.05) is 75.2 Å². The van der Waals surface area contributed by atoms with Crippen LogP contribution in [0.3, 0.4) is 0 Å². The molecule has 0 saturated heterocycles. The van der Waals surface area contributed by atoms with Crippen LogP contribution in [0.25, 0.3) is 17.7 Å². The van der Waals surface area contributed by atoms with Crippen LogP contribution >= 0.6 is 0 Å². The Labute approximate surface area is 152 Å². The number of nitrogens with zero attached hydrogens (tertiary/aromatic N) is 1. The van der Waals surface area contributed by atoms with Crippen LogP contribution in [0.15, 0.2) is 54.6 Å². The summed E-state index contributed by atoms with van der Waals surface area (Å²) >= 11 is 0. The predicted molar refractivity (Wildman–Crippen MR) is 112 cm³/mol. The van der Waals surface area contributed by atoms with E-state index in [1.54, 1.807) is 0 Å². The third-order valence-electron chi connectivity index (χ3n) is 4.86. The molecule has 130 valence electrons. The van der Waals surface area contributed by atoms with Crippen molar-refractivity contribution >= 4 is 23.4 Å². The van der Waals surface area contributed by atoms with E-state index in [0.717, 1.165) is 13.1 Å². The molecule has 0 fully saturated rings. The summed E-state index contributed by atoms with van der Waals surface area (Å²) < 4.78 is 0. The highest BCUT2D eigenvalue weighted by Crippen LogP contribution is 2.30. The number of hydrogen-bond acceptors (Lipinski definition) is 1. The van der Waals surface area contributed by atoms with Gasteiger partial charge < -0.3 is 4.90 Å². The number of unbranched alkanes of at least 4 members (excludes halogenated alkanes) is 2. The summed E-state index contributed by atoms with van der Waals surface area (Å²) in [5.74, 6) is 0. The average molecular weight is 332 g/mol. The largest absolute Gasteiger partial charge is 0.372 e. The molecule has 1 nitrogen and oxygen atoms in total. The third kappa shape index (κ3) is 4.42. The number of benzene rings is 2. The molecule has 0 atom stereocenters. The van der Waals surface area contributed by atoms with Crippen LogP contribution in [0.1, 0.15) is 56.2 Å². The number of hydrogen-bond donors (Lipinski definition) is 0. The molecule has 0 bridgehead atoms. The number of rotatable bonds is 8. The maximum absolute atomic E-state index is 2.54. The lowest BCUT2D eigenvalue weighted by Crippen LogP contribution is -2.25. The molecule has 0 N–H and O–H groups in total. The normalized spacial score (nSPS) is 14.1. The van der Waals surface area contributed by atoms with E-state index in [0.29, 0.717) is 0 Å². The zero-order valence-electron chi connectivity index (χ0n) is 15.5. The summed E-state index contributed by atoms with van der Waals surface area (Å²) in [6.07, 6.45) is 11.7.